The van der Waals surface area contributed by atoms with Gasteiger partial charge in [0, 0.05) is 43.7 Å². The van der Waals surface area contributed by atoms with Crippen LogP contribution in [-0.4, -0.2) is 68.3 Å². The molecule has 0 spiro atoms. The molecule has 1 saturated heterocycles. The normalized spacial score (nSPS) is 15.6. The first-order valence-electron chi connectivity index (χ1n) is 11.3. The first-order valence-corrected chi connectivity index (χ1v) is 13.2. The summed E-state index contributed by atoms with van der Waals surface area (Å²) in [6, 6.07) is 11.2. The zero-order chi connectivity index (χ0) is 24.2. The lowest BCUT2D eigenvalue weighted by molar-refractivity contribution is 0.0553. The lowest BCUT2D eigenvalue weighted by Gasteiger charge is -2.36. The van der Waals surface area contributed by atoms with E-state index in [1.54, 1.807) is 24.3 Å². The molecule has 0 unspecified atom stereocenters. The molecule has 1 aromatic heterocycles. The fourth-order valence-electron chi connectivity index (χ4n) is 3.84. The second-order valence-electron chi connectivity index (χ2n) is 10.1. The number of aromatic nitrogens is 1. The molecular weight excluding hydrogens is 438 g/mol. The highest BCUT2D eigenvalue weighted by Gasteiger charge is 2.27. The van der Waals surface area contributed by atoms with E-state index in [4.69, 9.17) is 4.74 Å². The van der Waals surface area contributed by atoms with Gasteiger partial charge < -0.3 is 9.64 Å². The highest BCUT2D eigenvalue weighted by Crippen LogP contribution is 2.22. The molecule has 1 aliphatic heterocycles. The molecule has 8 heteroatoms. The van der Waals surface area contributed by atoms with Crippen LogP contribution >= 0.6 is 0 Å². The predicted molar refractivity (Wildman–Crippen MR) is 130 cm³/mol. The van der Waals surface area contributed by atoms with Crippen LogP contribution in [0.5, 0.6) is 0 Å². The lowest BCUT2D eigenvalue weighted by Crippen LogP contribution is -2.45. The number of carbonyl (C=O) groups excluding carboxylic acids is 1. The topological polar surface area (TPSA) is 79.8 Å². The number of hydrogen-bond acceptors (Lipinski definition) is 6. The second-order valence-corrected chi connectivity index (χ2v) is 12.1. The van der Waals surface area contributed by atoms with Crippen molar-refractivity contribution in [3.05, 3.63) is 48.2 Å². The fourth-order valence-corrected chi connectivity index (χ4v) is 4.47. The number of pyridine rings is 1. The summed E-state index contributed by atoms with van der Waals surface area (Å²) in [5.74, 6) is 0. The summed E-state index contributed by atoms with van der Waals surface area (Å²) in [7, 11) is -1.10. The van der Waals surface area contributed by atoms with Crippen LogP contribution in [0, 0.1) is 5.41 Å². The van der Waals surface area contributed by atoms with E-state index in [1.807, 2.05) is 17.2 Å². The van der Waals surface area contributed by atoms with E-state index in [9.17, 15) is 13.2 Å². The van der Waals surface area contributed by atoms with Gasteiger partial charge in [0.2, 0.25) is 0 Å². The quantitative estimate of drug-likeness (QED) is 0.625. The van der Waals surface area contributed by atoms with Gasteiger partial charge >= 0.3 is 6.09 Å². The molecule has 2 aromatic rings. The molecule has 0 saturated carbocycles. The second kappa shape index (κ2) is 10.2. The number of benzene rings is 1. The van der Waals surface area contributed by atoms with Crippen LogP contribution in [0.1, 0.15) is 39.2 Å². The molecule has 2 heterocycles. The van der Waals surface area contributed by atoms with Crippen LogP contribution in [0.4, 0.5) is 4.79 Å². The van der Waals surface area contributed by atoms with Crippen molar-refractivity contribution in [2.75, 3.05) is 33.0 Å². The fraction of sp³-hybridized carbons (Fsp3) is 0.520. The van der Waals surface area contributed by atoms with E-state index in [-0.39, 0.29) is 11.5 Å². The number of rotatable bonds is 6. The third kappa shape index (κ3) is 7.27. The summed E-state index contributed by atoms with van der Waals surface area (Å²) in [6.07, 6.45) is 4.69. The maximum Gasteiger partial charge on any atom is 0.409 e. The minimum atomic E-state index is -3.20. The summed E-state index contributed by atoms with van der Waals surface area (Å²) in [4.78, 5) is 21.3. The Labute approximate surface area is 197 Å². The van der Waals surface area contributed by atoms with Crippen molar-refractivity contribution >= 4 is 15.9 Å². The van der Waals surface area contributed by atoms with Crippen LogP contribution < -0.4 is 0 Å². The number of ether oxygens (including phenoxy) is 1. The third-order valence-corrected chi connectivity index (χ3v) is 6.94. The number of hydrogen-bond donors (Lipinski definition) is 0. The Kier molecular flexibility index (Phi) is 7.80. The lowest BCUT2D eigenvalue weighted by atomic mass is 9.99. The molecule has 1 fully saturated rings. The van der Waals surface area contributed by atoms with Gasteiger partial charge in [-0.05, 0) is 49.1 Å². The van der Waals surface area contributed by atoms with Crippen molar-refractivity contribution in [2.45, 2.75) is 51.1 Å². The molecule has 180 valence electrons. The zero-order valence-electron chi connectivity index (χ0n) is 20.2. The van der Waals surface area contributed by atoms with Gasteiger partial charge in [0.05, 0.1) is 17.2 Å². The minimum Gasteiger partial charge on any atom is -0.449 e. The SMILES string of the molecule is CN(Cc1ccc(-c2ccc(S(C)(=O)=O)cc2)nc1)C1CCN(C(=O)OCC(C)(C)C)CC1. The molecule has 0 atom stereocenters. The van der Waals surface area contributed by atoms with E-state index in [0.717, 1.165) is 36.2 Å². The van der Waals surface area contributed by atoms with Crippen molar-refractivity contribution in [2.24, 2.45) is 5.41 Å². The monoisotopic (exact) mass is 473 g/mol. The van der Waals surface area contributed by atoms with E-state index in [2.05, 4.69) is 43.8 Å². The highest BCUT2D eigenvalue weighted by atomic mass is 32.2. The Bertz CT molecular complexity index is 1040. The van der Waals surface area contributed by atoms with Gasteiger partial charge in [-0.25, -0.2) is 13.2 Å². The van der Waals surface area contributed by atoms with Crippen molar-refractivity contribution < 1.29 is 17.9 Å². The van der Waals surface area contributed by atoms with Crippen LogP contribution in [0.15, 0.2) is 47.5 Å². The van der Waals surface area contributed by atoms with Gasteiger partial charge in [0.1, 0.15) is 0 Å². The standard InChI is InChI=1S/C25H35N3O4S/c1-25(2,3)18-32-24(29)28-14-12-21(13-15-28)27(4)17-19-6-11-23(26-16-19)20-7-9-22(10-8-20)33(5,30)31/h6-11,16,21H,12-15,17-18H2,1-5H3. The molecule has 1 aromatic carbocycles. The Hall–Kier alpha value is -2.45. The maximum atomic E-state index is 12.3. The maximum absolute atomic E-state index is 12.3. The van der Waals surface area contributed by atoms with Gasteiger partial charge in [0.25, 0.3) is 0 Å². The summed E-state index contributed by atoms with van der Waals surface area (Å²) in [6.45, 7) is 8.78. The Morgan fingerprint density at radius 3 is 2.27 bits per heavy atom. The molecular formula is C25H35N3O4S. The van der Waals surface area contributed by atoms with E-state index >= 15 is 0 Å². The molecule has 3 rings (SSSR count). The largest absolute Gasteiger partial charge is 0.449 e. The first kappa shape index (κ1) is 25.2. The Balaban J connectivity index is 1.51. The molecule has 0 aliphatic carbocycles. The number of amides is 1. The van der Waals surface area contributed by atoms with Gasteiger partial charge in [-0.15, -0.1) is 0 Å². The smallest absolute Gasteiger partial charge is 0.409 e. The van der Waals surface area contributed by atoms with Gasteiger partial charge in [0.15, 0.2) is 9.84 Å². The van der Waals surface area contributed by atoms with Gasteiger partial charge in [-0.1, -0.05) is 39.0 Å². The van der Waals surface area contributed by atoms with E-state index in [0.29, 0.717) is 30.6 Å². The molecule has 1 amide bonds. The zero-order valence-corrected chi connectivity index (χ0v) is 21.1. The number of carbonyl (C=O) groups is 1. The van der Waals surface area contributed by atoms with Crippen LogP contribution in [0.2, 0.25) is 0 Å². The molecule has 0 N–H and O–H groups in total. The van der Waals surface area contributed by atoms with Crippen LogP contribution in [0.3, 0.4) is 0 Å². The number of likely N-dealkylation sites (tertiary alicyclic amines) is 1. The van der Waals surface area contributed by atoms with Crippen molar-refractivity contribution in [3.63, 3.8) is 0 Å². The molecule has 0 bridgehead atoms. The van der Waals surface area contributed by atoms with Crippen molar-refractivity contribution in [1.29, 1.82) is 0 Å². The summed E-state index contributed by atoms with van der Waals surface area (Å²) in [5.41, 5.74) is 2.77. The van der Waals surface area contributed by atoms with Crippen molar-refractivity contribution in [3.8, 4) is 11.3 Å². The summed E-state index contributed by atoms with van der Waals surface area (Å²) in [5, 5.41) is 0. The predicted octanol–water partition coefficient (Wildman–Crippen LogP) is 4.23. The molecule has 1 aliphatic rings. The van der Waals surface area contributed by atoms with Crippen LogP contribution in [0.25, 0.3) is 11.3 Å². The highest BCUT2D eigenvalue weighted by molar-refractivity contribution is 7.90. The average molecular weight is 474 g/mol. The minimum absolute atomic E-state index is 0.0304. The third-order valence-electron chi connectivity index (χ3n) is 5.81. The van der Waals surface area contributed by atoms with Crippen molar-refractivity contribution in [1.82, 2.24) is 14.8 Å². The molecule has 7 nitrogen and oxygen atoms in total. The number of nitrogens with zero attached hydrogens (tertiary/aromatic N) is 3. The summed E-state index contributed by atoms with van der Waals surface area (Å²) < 4.78 is 28.7. The first-order chi connectivity index (χ1) is 15.4. The van der Waals surface area contributed by atoms with E-state index in [1.165, 1.54) is 6.26 Å². The van der Waals surface area contributed by atoms with E-state index < -0.39 is 9.84 Å². The average Bonchev–Trinajstić information content (AvgIpc) is 2.77. The number of piperidine rings is 1. The van der Waals surface area contributed by atoms with Gasteiger partial charge in [-0.3, -0.25) is 9.88 Å². The Morgan fingerprint density at radius 2 is 1.76 bits per heavy atom. The molecule has 33 heavy (non-hydrogen) atoms. The molecule has 0 radical (unpaired) electrons. The van der Waals surface area contributed by atoms with Crippen LogP contribution in [-0.2, 0) is 21.1 Å². The number of sulfone groups is 1. The van der Waals surface area contributed by atoms with Gasteiger partial charge in [-0.2, -0.15) is 0 Å². The summed E-state index contributed by atoms with van der Waals surface area (Å²) >= 11 is 0. The Morgan fingerprint density at radius 1 is 1.12 bits per heavy atom.